The smallest absolute Gasteiger partial charge is 0.234 e. The first-order valence-electron chi connectivity index (χ1n) is 7.47. The van der Waals surface area contributed by atoms with Crippen molar-refractivity contribution in [2.45, 2.75) is 82.2 Å². The van der Waals surface area contributed by atoms with Gasteiger partial charge in [-0.25, -0.2) is 8.78 Å². The van der Waals surface area contributed by atoms with Crippen molar-refractivity contribution in [3.05, 3.63) is 0 Å². The summed E-state index contributed by atoms with van der Waals surface area (Å²) < 4.78 is 139. The Balaban J connectivity index is 4.81. The molecule has 0 aromatic carbocycles. The molecule has 25 heavy (non-hydrogen) atoms. The SMILES string of the molecule is CCC(CCCCC(C)(F)C(F)(F)F)CC(F)(C(F)(F)F)C(F)(F)F. The Morgan fingerprint density at radius 2 is 1.12 bits per heavy atom. The number of unbranched alkanes of at least 4 members (excludes halogenated alkanes) is 1. The van der Waals surface area contributed by atoms with E-state index in [9.17, 15) is 48.3 Å². The van der Waals surface area contributed by atoms with Crippen LogP contribution in [0.4, 0.5) is 48.3 Å². The van der Waals surface area contributed by atoms with Gasteiger partial charge in [0, 0.05) is 6.42 Å². The second-order valence-electron chi connectivity index (χ2n) is 6.22. The van der Waals surface area contributed by atoms with Gasteiger partial charge in [0.15, 0.2) is 0 Å². The Hall–Kier alpha value is -0.770. The fourth-order valence-electron chi connectivity index (χ4n) is 2.27. The van der Waals surface area contributed by atoms with Crippen molar-refractivity contribution in [3.8, 4) is 0 Å². The molecule has 0 amide bonds. The summed E-state index contributed by atoms with van der Waals surface area (Å²) in [7, 11) is 0. The largest absolute Gasteiger partial charge is 0.431 e. The molecule has 0 saturated carbocycles. The Morgan fingerprint density at radius 3 is 1.44 bits per heavy atom. The summed E-state index contributed by atoms with van der Waals surface area (Å²) in [5, 5.41) is 0. The standard InChI is InChI=1S/C14H19F11/c1-3-9(6-4-5-7-10(2,15)12(17,18)19)8-11(16,13(20,21)22)14(23,24)25/h9H,3-8H2,1-2H3. The van der Waals surface area contributed by atoms with Gasteiger partial charge < -0.3 is 0 Å². The first-order chi connectivity index (χ1) is 10.9. The number of halogens is 11. The van der Waals surface area contributed by atoms with E-state index in [-0.39, 0.29) is 19.3 Å². The highest BCUT2D eigenvalue weighted by Crippen LogP contribution is 2.50. The maximum Gasteiger partial charge on any atom is 0.431 e. The summed E-state index contributed by atoms with van der Waals surface area (Å²) in [4.78, 5) is 0. The van der Waals surface area contributed by atoms with E-state index in [2.05, 4.69) is 0 Å². The van der Waals surface area contributed by atoms with Gasteiger partial charge in [-0.1, -0.05) is 26.2 Å². The fourth-order valence-corrected chi connectivity index (χ4v) is 2.27. The number of alkyl halides is 11. The van der Waals surface area contributed by atoms with Crippen LogP contribution in [0.15, 0.2) is 0 Å². The second kappa shape index (κ2) is 7.85. The van der Waals surface area contributed by atoms with Crippen molar-refractivity contribution in [1.82, 2.24) is 0 Å². The molecule has 11 heteroatoms. The summed E-state index contributed by atoms with van der Waals surface area (Å²) in [6, 6.07) is 0. The van der Waals surface area contributed by atoms with Crippen LogP contribution in [0.1, 0.15) is 52.4 Å². The van der Waals surface area contributed by atoms with Gasteiger partial charge >= 0.3 is 18.5 Å². The zero-order valence-corrected chi connectivity index (χ0v) is 13.5. The molecular weight excluding hydrogens is 377 g/mol. The molecule has 0 aliphatic heterocycles. The second-order valence-corrected chi connectivity index (χ2v) is 6.22. The number of hydrogen-bond acceptors (Lipinski definition) is 0. The van der Waals surface area contributed by atoms with Crippen LogP contribution in [0.5, 0.6) is 0 Å². The predicted molar refractivity (Wildman–Crippen MR) is 68.4 cm³/mol. The van der Waals surface area contributed by atoms with E-state index >= 15 is 0 Å². The number of rotatable bonds is 8. The van der Waals surface area contributed by atoms with Gasteiger partial charge in [-0.15, -0.1) is 0 Å². The normalized spacial score (nSPS) is 18.1. The minimum absolute atomic E-state index is 0.232. The highest BCUT2D eigenvalue weighted by Gasteiger charge is 2.72. The molecule has 0 aliphatic rings. The lowest BCUT2D eigenvalue weighted by Crippen LogP contribution is -2.54. The van der Waals surface area contributed by atoms with Crippen LogP contribution >= 0.6 is 0 Å². The lowest BCUT2D eigenvalue weighted by atomic mass is 9.85. The third-order valence-corrected chi connectivity index (χ3v) is 4.15. The lowest BCUT2D eigenvalue weighted by Gasteiger charge is -2.33. The molecule has 0 heterocycles. The molecule has 0 aromatic rings. The molecule has 0 N–H and O–H groups in total. The van der Waals surface area contributed by atoms with E-state index in [4.69, 9.17) is 0 Å². The Kier molecular flexibility index (Phi) is 7.61. The summed E-state index contributed by atoms with van der Waals surface area (Å²) in [6.45, 7) is 1.54. The molecule has 0 saturated heterocycles. The molecule has 2 atom stereocenters. The van der Waals surface area contributed by atoms with Crippen molar-refractivity contribution in [2.75, 3.05) is 0 Å². The first kappa shape index (κ1) is 24.2. The topological polar surface area (TPSA) is 0 Å². The van der Waals surface area contributed by atoms with E-state index in [1.165, 1.54) is 6.92 Å². The van der Waals surface area contributed by atoms with E-state index < -0.39 is 55.0 Å². The molecule has 0 nitrogen and oxygen atoms in total. The van der Waals surface area contributed by atoms with Crippen molar-refractivity contribution < 1.29 is 48.3 Å². The van der Waals surface area contributed by atoms with E-state index in [1.807, 2.05) is 0 Å². The monoisotopic (exact) mass is 396 g/mol. The van der Waals surface area contributed by atoms with E-state index in [1.54, 1.807) is 0 Å². The Bertz CT molecular complexity index is 388. The molecule has 0 aromatic heterocycles. The van der Waals surface area contributed by atoms with Gasteiger partial charge in [0.1, 0.15) is 0 Å². The molecule has 0 radical (unpaired) electrons. The van der Waals surface area contributed by atoms with Gasteiger partial charge in [-0.2, -0.15) is 39.5 Å². The molecule has 0 bridgehead atoms. The third-order valence-electron chi connectivity index (χ3n) is 4.15. The van der Waals surface area contributed by atoms with Crippen molar-refractivity contribution in [3.63, 3.8) is 0 Å². The molecule has 152 valence electrons. The van der Waals surface area contributed by atoms with Crippen LogP contribution in [0.2, 0.25) is 0 Å². The average molecular weight is 396 g/mol. The summed E-state index contributed by atoms with van der Waals surface area (Å²) >= 11 is 0. The molecule has 0 aliphatic carbocycles. The van der Waals surface area contributed by atoms with Crippen LogP contribution in [0.25, 0.3) is 0 Å². The predicted octanol–water partition coefficient (Wildman–Crippen LogP) is 7.09. The van der Waals surface area contributed by atoms with Crippen molar-refractivity contribution in [1.29, 1.82) is 0 Å². The Labute approximate surface area is 137 Å². The lowest BCUT2D eigenvalue weighted by molar-refractivity contribution is -0.346. The summed E-state index contributed by atoms with van der Waals surface area (Å²) in [5.74, 6) is -1.36. The van der Waals surface area contributed by atoms with Crippen LogP contribution in [0, 0.1) is 5.92 Å². The molecule has 0 spiro atoms. The molecule has 0 fully saturated rings. The first-order valence-corrected chi connectivity index (χ1v) is 7.47. The van der Waals surface area contributed by atoms with E-state index in [0.717, 1.165) is 0 Å². The minimum Gasteiger partial charge on any atom is -0.234 e. The maximum atomic E-state index is 13.6. The Morgan fingerprint density at radius 1 is 0.680 bits per heavy atom. The number of hydrogen-bond donors (Lipinski definition) is 0. The van der Waals surface area contributed by atoms with Gasteiger partial charge in [0.25, 0.3) is 5.67 Å². The van der Waals surface area contributed by atoms with Crippen molar-refractivity contribution >= 4 is 0 Å². The quantitative estimate of drug-likeness (QED) is 0.304. The van der Waals surface area contributed by atoms with Crippen LogP contribution in [0.3, 0.4) is 0 Å². The zero-order chi connectivity index (χ0) is 20.3. The third kappa shape index (κ3) is 6.16. The molecule has 2 unspecified atom stereocenters. The summed E-state index contributed by atoms with van der Waals surface area (Å²) in [6.07, 6.45) is -21.6. The fraction of sp³-hybridized carbons (Fsp3) is 1.00. The van der Waals surface area contributed by atoms with Gasteiger partial charge in [-0.3, -0.25) is 0 Å². The van der Waals surface area contributed by atoms with Gasteiger partial charge in [0.2, 0.25) is 5.67 Å². The van der Waals surface area contributed by atoms with Crippen molar-refractivity contribution in [2.24, 2.45) is 5.92 Å². The van der Waals surface area contributed by atoms with Crippen LogP contribution < -0.4 is 0 Å². The molecule has 0 rings (SSSR count). The van der Waals surface area contributed by atoms with E-state index in [0.29, 0.717) is 6.92 Å². The minimum atomic E-state index is -6.16. The van der Waals surface area contributed by atoms with Gasteiger partial charge in [-0.05, 0) is 25.7 Å². The average Bonchev–Trinajstić information content (AvgIpc) is 2.38. The summed E-state index contributed by atoms with van der Waals surface area (Å²) in [5.41, 5.74) is -8.89. The highest BCUT2D eigenvalue weighted by molar-refractivity contribution is 4.96. The maximum absolute atomic E-state index is 13.6. The van der Waals surface area contributed by atoms with Crippen LogP contribution in [-0.2, 0) is 0 Å². The molecular formula is C14H19F11. The zero-order valence-electron chi connectivity index (χ0n) is 13.5. The van der Waals surface area contributed by atoms with Gasteiger partial charge in [0.05, 0.1) is 0 Å². The highest BCUT2D eigenvalue weighted by atomic mass is 19.4. The van der Waals surface area contributed by atoms with Crippen LogP contribution in [-0.4, -0.2) is 29.9 Å².